The summed E-state index contributed by atoms with van der Waals surface area (Å²) < 4.78 is 0. The third-order valence-electron chi connectivity index (χ3n) is 2.08. The summed E-state index contributed by atoms with van der Waals surface area (Å²) in [5, 5.41) is 20.9. The minimum Gasteiger partial charge on any atom is -0.423 e. The molecule has 4 heteroatoms. The summed E-state index contributed by atoms with van der Waals surface area (Å²) >= 11 is 0. The topological polar surface area (TPSA) is 52.5 Å². The van der Waals surface area contributed by atoms with Gasteiger partial charge >= 0.3 is 7.12 Å². The molecule has 100 valence electrons. The van der Waals surface area contributed by atoms with Gasteiger partial charge < -0.3 is 15.4 Å². The molecule has 0 saturated carbocycles. The molecular weight excluding hydrogens is 225 g/mol. The van der Waals surface area contributed by atoms with Gasteiger partial charge in [-0.25, -0.2) is 0 Å². The second-order valence-corrected chi connectivity index (χ2v) is 4.18. The molecule has 0 spiro atoms. The van der Waals surface area contributed by atoms with Crippen molar-refractivity contribution in [3.05, 3.63) is 36.5 Å². The van der Waals surface area contributed by atoms with Crippen molar-refractivity contribution in [2.75, 3.05) is 5.32 Å². The third-order valence-corrected chi connectivity index (χ3v) is 2.08. The smallest absolute Gasteiger partial charge is 0.423 e. The van der Waals surface area contributed by atoms with E-state index in [1.807, 2.05) is 0 Å². The molecule has 0 aliphatic heterocycles. The second kappa shape index (κ2) is 9.74. The first-order valence-electron chi connectivity index (χ1n) is 6.45. The van der Waals surface area contributed by atoms with Gasteiger partial charge in [-0.05, 0) is 24.0 Å². The highest BCUT2D eigenvalue weighted by atomic mass is 16.4. The normalized spacial score (nSPS) is 9.17. The van der Waals surface area contributed by atoms with Gasteiger partial charge in [0.05, 0.1) is 0 Å². The van der Waals surface area contributed by atoms with Crippen molar-refractivity contribution in [3.63, 3.8) is 0 Å². The van der Waals surface area contributed by atoms with Crippen molar-refractivity contribution < 1.29 is 10.0 Å². The Morgan fingerprint density at radius 1 is 1.17 bits per heavy atom. The number of hydrogen-bond donors (Lipinski definition) is 3. The van der Waals surface area contributed by atoms with Gasteiger partial charge in [-0.1, -0.05) is 52.3 Å². The lowest BCUT2D eigenvalue weighted by Crippen LogP contribution is -2.29. The number of hydrogen-bond acceptors (Lipinski definition) is 3. The monoisotopic (exact) mass is 249 g/mol. The van der Waals surface area contributed by atoms with Crippen LogP contribution in [0.3, 0.4) is 0 Å². The van der Waals surface area contributed by atoms with Crippen molar-refractivity contribution in [1.82, 2.24) is 0 Å². The fourth-order valence-corrected chi connectivity index (χ4v) is 1.31. The number of benzene rings is 1. The second-order valence-electron chi connectivity index (χ2n) is 4.18. The fraction of sp³-hybridized carbons (Fsp3) is 0.429. The Kier molecular flexibility index (Phi) is 9.06. The van der Waals surface area contributed by atoms with Crippen molar-refractivity contribution in [2.24, 2.45) is 0 Å². The molecule has 0 saturated heterocycles. The van der Waals surface area contributed by atoms with E-state index in [1.165, 1.54) is 6.42 Å². The first kappa shape index (κ1) is 16.7. The van der Waals surface area contributed by atoms with Gasteiger partial charge in [-0.2, -0.15) is 0 Å². The average Bonchev–Trinajstić information content (AvgIpc) is 2.31. The zero-order valence-corrected chi connectivity index (χ0v) is 11.6. The Morgan fingerprint density at radius 3 is 2.06 bits per heavy atom. The number of nitrogens with one attached hydrogen (secondary N) is 1. The molecule has 0 unspecified atom stereocenters. The van der Waals surface area contributed by atoms with Crippen LogP contribution in [0.4, 0.5) is 5.69 Å². The fourth-order valence-electron chi connectivity index (χ4n) is 1.31. The summed E-state index contributed by atoms with van der Waals surface area (Å²) in [7, 11) is -1.40. The van der Waals surface area contributed by atoms with E-state index < -0.39 is 7.12 Å². The van der Waals surface area contributed by atoms with E-state index in [2.05, 4.69) is 32.7 Å². The maximum absolute atomic E-state index is 8.90. The molecule has 0 atom stereocenters. The van der Waals surface area contributed by atoms with Crippen molar-refractivity contribution >= 4 is 18.3 Å². The highest BCUT2D eigenvalue weighted by Crippen LogP contribution is 2.10. The minimum absolute atomic E-state index is 0.488. The summed E-state index contributed by atoms with van der Waals surface area (Å²) in [5.41, 5.74) is 2.37. The standard InChI is InChI=1S/C11H16BNO2.C3H8/c1-3-4-9(2)13-11-7-5-10(6-8-11)12(14)15;1-3-2/h5-8,13-15H,2-4H2,1H3;3H2,1-2H3. The highest BCUT2D eigenvalue weighted by Gasteiger charge is 2.09. The van der Waals surface area contributed by atoms with Crippen LogP contribution in [0.25, 0.3) is 0 Å². The molecule has 18 heavy (non-hydrogen) atoms. The van der Waals surface area contributed by atoms with Crippen LogP contribution in [0.1, 0.15) is 40.0 Å². The molecule has 0 aliphatic carbocycles. The zero-order chi connectivity index (χ0) is 14.0. The van der Waals surface area contributed by atoms with Crippen molar-refractivity contribution in [3.8, 4) is 0 Å². The number of anilines is 1. The highest BCUT2D eigenvalue weighted by molar-refractivity contribution is 6.58. The molecule has 0 bridgehead atoms. The molecule has 0 heterocycles. The van der Waals surface area contributed by atoms with Gasteiger partial charge in [-0.15, -0.1) is 0 Å². The van der Waals surface area contributed by atoms with Gasteiger partial charge in [0, 0.05) is 11.4 Å². The van der Waals surface area contributed by atoms with E-state index >= 15 is 0 Å². The quantitative estimate of drug-likeness (QED) is 0.703. The van der Waals surface area contributed by atoms with Crippen LogP contribution < -0.4 is 10.8 Å². The minimum atomic E-state index is -1.40. The van der Waals surface area contributed by atoms with Gasteiger partial charge in [0.2, 0.25) is 0 Å². The van der Waals surface area contributed by atoms with Crippen LogP contribution in [0.2, 0.25) is 0 Å². The Hall–Kier alpha value is -1.26. The van der Waals surface area contributed by atoms with E-state index in [-0.39, 0.29) is 0 Å². The van der Waals surface area contributed by atoms with E-state index in [1.54, 1.807) is 24.3 Å². The molecule has 0 amide bonds. The Labute approximate surface area is 111 Å². The van der Waals surface area contributed by atoms with Crippen LogP contribution in [-0.4, -0.2) is 17.2 Å². The summed E-state index contributed by atoms with van der Waals surface area (Å²) in [4.78, 5) is 0. The Bertz CT molecular complexity index is 336. The van der Waals surface area contributed by atoms with E-state index in [0.29, 0.717) is 5.46 Å². The maximum Gasteiger partial charge on any atom is 0.488 e. The van der Waals surface area contributed by atoms with E-state index in [4.69, 9.17) is 10.0 Å². The first-order valence-corrected chi connectivity index (χ1v) is 6.45. The Balaban J connectivity index is 0.000000873. The SMILES string of the molecule is C=C(CCC)Nc1ccc(B(O)O)cc1.CCC. The number of rotatable bonds is 5. The molecule has 0 aromatic heterocycles. The van der Waals surface area contributed by atoms with Gasteiger partial charge in [0.15, 0.2) is 0 Å². The molecule has 3 N–H and O–H groups in total. The molecule has 0 fully saturated rings. The van der Waals surface area contributed by atoms with E-state index in [9.17, 15) is 0 Å². The first-order chi connectivity index (χ1) is 8.54. The van der Waals surface area contributed by atoms with Crippen LogP contribution >= 0.6 is 0 Å². The molecule has 1 aromatic carbocycles. The van der Waals surface area contributed by atoms with Crippen LogP contribution in [0, 0.1) is 0 Å². The van der Waals surface area contributed by atoms with Crippen molar-refractivity contribution in [1.29, 1.82) is 0 Å². The predicted molar refractivity (Wildman–Crippen MR) is 79.9 cm³/mol. The molecule has 0 aliphatic rings. The van der Waals surface area contributed by atoms with Gasteiger partial charge in [0.1, 0.15) is 0 Å². The molecular formula is C14H24BNO2. The summed E-state index contributed by atoms with van der Waals surface area (Å²) in [5.74, 6) is 0. The van der Waals surface area contributed by atoms with Gasteiger partial charge in [0.25, 0.3) is 0 Å². The Morgan fingerprint density at radius 2 is 1.67 bits per heavy atom. The molecule has 3 nitrogen and oxygen atoms in total. The van der Waals surface area contributed by atoms with Crippen LogP contribution in [0.15, 0.2) is 36.5 Å². The lowest BCUT2D eigenvalue weighted by atomic mass is 9.80. The average molecular weight is 249 g/mol. The van der Waals surface area contributed by atoms with Crippen LogP contribution in [0.5, 0.6) is 0 Å². The van der Waals surface area contributed by atoms with Crippen molar-refractivity contribution in [2.45, 2.75) is 40.0 Å². The van der Waals surface area contributed by atoms with Gasteiger partial charge in [-0.3, -0.25) is 0 Å². The lowest BCUT2D eigenvalue weighted by molar-refractivity contribution is 0.426. The molecule has 1 rings (SSSR count). The summed E-state index contributed by atoms with van der Waals surface area (Å²) in [6.45, 7) is 10.2. The lowest BCUT2D eigenvalue weighted by Gasteiger charge is -2.09. The largest absolute Gasteiger partial charge is 0.488 e. The van der Waals surface area contributed by atoms with Crippen LogP contribution in [-0.2, 0) is 0 Å². The van der Waals surface area contributed by atoms with E-state index in [0.717, 1.165) is 24.2 Å². The number of allylic oxidation sites excluding steroid dienone is 1. The third kappa shape index (κ3) is 7.15. The molecule has 0 radical (unpaired) electrons. The summed E-state index contributed by atoms with van der Waals surface area (Å²) in [6.07, 6.45) is 3.24. The zero-order valence-electron chi connectivity index (χ0n) is 11.6. The predicted octanol–water partition coefficient (Wildman–Crippen LogP) is 2.51. The molecule has 1 aromatic rings. The maximum atomic E-state index is 8.90. The summed E-state index contributed by atoms with van der Waals surface area (Å²) in [6, 6.07) is 6.95.